The van der Waals surface area contributed by atoms with Gasteiger partial charge in [0.25, 0.3) is 5.56 Å². The summed E-state index contributed by atoms with van der Waals surface area (Å²) >= 11 is 0. The summed E-state index contributed by atoms with van der Waals surface area (Å²) in [4.78, 5) is 22.1. The van der Waals surface area contributed by atoms with Crippen molar-refractivity contribution in [2.24, 2.45) is 0 Å². The highest BCUT2D eigenvalue weighted by Crippen LogP contribution is 2.30. The Balaban J connectivity index is 1.73. The third-order valence-corrected chi connectivity index (χ3v) is 5.24. The van der Waals surface area contributed by atoms with Gasteiger partial charge in [0.05, 0.1) is 13.7 Å². The summed E-state index contributed by atoms with van der Waals surface area (Å²) < 4.78 is 11.1. The van der Waals surface area contributed by atoms with Gasteiger partial charge in [0.15, 0.2) is 11.5 Å². The number of benzene rings is 1. The van der Waals surface area contributed by atoms with Crippen LogP contribution in [0.2, 0.25) is 0 Å². The van der Waals surface area contributed by atoms with Gasteiger partial charge in [-0.05, 0) is 57.9 Å². The number of rotatable bonds is 6. The molecule has 0 amide bonds. The molecule has 1 unspecified atom stereocenters. The quantitative estimate of drug-likeness (QED) is 0.845. The van der Waals surface area contributed by atoms with E-state index in [-0.39, 0.29) is 11.5 Å². The number of likely N-dealkylation sites (tertiary alicyclic amines) is 1. The molecule has 2 heterocycles. The average molecular weight is 371 g/mol. The minimum Gasteiger partial charge on any atom is -0.493 e. The fourth-order valence-electron chi connectivity index (χ4n) is 3.63. The number of aryl methyl sites for hydroxylation is 1. The largest absolute Gasteiger partial charge is 0.493 e. The van der Waals surface area contributed by atoms with E-state index >= 15 is 0 Å². The number of ether oxygens (including phenoxy) is 2. The summed E-state index contributed by atoms with van der Waals surface area (Å²) in [6, 6.07) is 6.10. The molecule has 1 aliphatic heterocycles. The Morgan fingerprint density at radius 2 is 2.11 bits per heavy atom. The van der Waals surface area contributed by atoms with Crippen LogP contribution in [0, 0.1) is 13.8 Å². The predicted molar refractivity (Wildman–Crippen MR) is 106 cm³/mol. The Hall–Kier alpha value is -2.34. The molecular formula is C21H29N3O3. The normalized spacial score (nSPS) is 17.7. The van der Waals surface area contributed by atoms with Crippen LogP contribution in [0.1, 0.15) is 48.3 Å². The number of aromatic amines is 1. The van der Waals surface area contributed by atoms with Crippen LogP contribution in [0.15, 0.2) is 23.0 Å². The fraction of sp³-hybridized carbons (Fsp3) is 0.524. The highest BCUT2D eigenvalue weighted by Gasteiger charge is 2.24. The van der Waals surface area contributed by atoms with Gasteiger partial charge in [-0.3, -0.25) is 9.69 Å². The highest BCUT2D eigenvalue weighted by atomic mass is 16.5. The smallest absolute Gasteiger partial charge is 0.254 e. The molecule has 6 nitrogen and oxygen atoms in total. The summed E-state index contributed by atoms with van der Waals surface area (Å²) in [6.45, 7) is 9.08. The van der Waals surface area contributed by atoms with Gasteiger partial charge in [-0.15, -0.1) is 0 Å². The van der Waals surface area contributed by atoms with E-state index in [1.165, 1.54) is 5.56 Å². The summed E-state index contributed by atoms with van der Waals surface area (Å²) in [5.74, 6) is 2.62. The van der Waals surface area contributed by atoms with Crippen LogP contribution >= 0.6 is 0 Å². The molecule has 27 heavy (non-hydrogen) atoms. The third kappa shape index (κ3) is 4.50. The summed E-state index contributed by atoms with van der Waals surface area (Å²) in [6.07, 6.45) is 2.14. The minimum atomic E-state index is -0.0221. The lowest BCUT2D eigenvalue weighted by Crippen LogP contribution is -2.35. The second kappa shape index (κ2) is 8.57. The van der Waals surface area contributed by atoms with Gasteiger partial charge in [-0.2, -0.15) is 0 Å². The number of nitrogens with zero attached hydrogens (tertiary/aromatic N) is 2. The average Bonchev–Trinajstić information content (AvgIpc) is 2.66. The Morgan fingerprint density at radius 3 is 2.81 bits per heavy atom. The predicted octanol–water partition coefficient (Wildman–Crippen LogP) is 3.17. The lowest BCUT2D eigenvalue weighted by molar-refractivity contribution is 0.196. The number of H-pyrrole nitrogens is 1. The van der Waals surface area contributed by atoms with Crippen LogP contribution < -0.4 is 15.0 Å². The van der Waals surface area contributed by atoms with E-state index in [0.717, 1.165) is 55.5 Å². The molecule has 1 saturated heterocycles. The van der Waals surface area contributed by atoms with Crippen molar-refractivity contribution in [3.63, 3.8) is 0 Å². The van der Waals surface area contributed by atoms with Crippen molar-refractivity contribution in [2.75, 3.05) is 26.8 Å². The summed E-state index contributed by atoms with van der Waals surface area (Å²) in [5.41, 5.74) is 2.70. The van der Waals surface area contributed by atoms with Crippen LogP contribution in [-0.4, -0.2) is 41.7 Å². The second-order valence-corrected chi connectivity index (χ2v) is 7.15. The molecule has 3 rings (SSSR count). The maximum atomic E-state index is 12.1. The van der Waals surface area contributed by atoms with Gasteiger partial charge < -0.3 is 14.5 Å². The molecule has 1 atom stereocenters. The van der Waals surface area contributed by atoms with Crippen LogP contribution in [0.3, 0.4) is 0 Å². The molecule has 1 N–H and O–H groups in total. The fourth-order valence-corrected chi connectivity index (χ4v) is 3.63. The summed E-state index contributed by atoms with van der Waals surface area (Å²) in [5, 5.41) is 0. The number of aromatic nitrogens is 2. The first-order valence-corrected chi connectivity index (χ1v) is 9.61. The molecular weight excluding hydrogens is 342 g/mol. The number of nitrogens with one attached hydrogen (secondary N) is 1. The zero-order valence-corrected chi connectivity index (χ0v) is 16.7. The van der Waals surface area contributed by atoms with E-state index in [9.17, 15) is 4.79 Å². The van der Waals surface area contributed by atoms with Crippen LogP contribution in [0.5, 0.6) is 11.5 Å². The van der Waals surface area contributed by atoms with Gasteiger partial charge in [-0.1, -0.05) is 6.07 Å². The number of methoxy groups -OCH3 is 1. The van der Waals surface area contributed by atoms with E-state index in [1.54, 1.807) is 7.11 Å². The van der Waals surface area contributed by atoms with Crippen LogP contribution in [0.4, 0.5) is 0 Å². The molecule has 1 aromatic carbocycles. The SMILES string of the molecule is CCOc1cc(CN2CCCC(c3nc(C)c(C)c(=O)[nH]3)C2)ccc1OC. The summed E-state index contributed by atoms with van der Waals surface area (Å²) in [7, 11) is 1.66. The van der Waals surface area contributed by atoms with Crippen molar-refractivity contribution in [1.82, 2.24) is 14.9 Å². The first-order chi connectivity index (χ1) is 13.0. The topological polar surface area (TPSA) is 67.5 Å². The molecule has 2 aromatic rings. The van der Waals surface area contributed by atoms with Crippen molar-refractivity contribution in [2.45, 2.75) is 46.1 Å². The monoisotopic (exact) mass is 371 g/mol. The molecule has 0 saturated carbocycles. The van der Waals surface area contributed by atoms with Gasteiger partial charge in [0.2, 0.25) is 0 Å². The first-order valence-electron chi connectivity index (χ1n) is 9.61. The van der Waals surface area contributed by atoms with E-state index in [1.807, 2.05) is 26.8 Å². The van der Waals surface area contributed by atoms with Crippen molar-refractivity contribution in [3.05, 3.63) is 51.2 Å². The lowest BCUT2D eigenvalue weighted by Gasteiger charge is -2.32. The molecule has 0 radical (unpaired) electrons. The molecule has 1 fully saturated rings. The molecule has 1 aromatic heterocycles. The van der Waals surface area contributed by atoms with Crippen LogP contribution in [-0.2, 0) is 6.54 Å². The maximum absolute atomic E-state index is 12.1. The van der Waals surface area contributed by atoms with Gasteiger partial charge in [-0.25, -0.2) is 4.98 Å². The van der Waals surface area contributed by atoms with E-state index in [0.29, 0.717) is 12.2 Å². The standard InChI is InChI=1S/C21H29N3O3/c1-5-27-19-11-16(8-9-18(19)26-4)12-24-10-6-7-17(13-24)20-22-15(3)14(2)21(25)23-20/h8-9,11,17H,5-7,10,12-13H2,1-4H3,(H,22,23,25). The number of hydrogen-bond acceptors (Lipinski definition) is 5. The molecule has 146 valence electrons. The lowest BCUT2D eigenvalue weighted by atomic mass is 9.96. The van der Waals surface area contributed by atoms with Crippen molar-refractivity contribution in [3.8, 4) is 11.5 Å². The third-order valence-electron chi connectivity index (χ3n) is 5.24. The molecule has 6 heteroatoms. The van der Waals surface area contributed by atoms with Crippen molar-refractivity contribution in [1.29, 1.82) is 0 Å². The van der Waals surface area contributed by atoms with Gasteiger partial charge >= 0.3 is 0 Å². The van der Waals surface area contributed by atoms with Crippen molar-refractivity contribution < 1.29 is 9.47 Å². The van der Waals surface area contributed by atoms with Crippen LogP contribution in [0.25, 0.3) is 0 Å². The molecule has 1 aliphatic rings. The molecule has 0 bridgehead atoms. The Labute approximate surface area is 160 Å². The Kier molecular flexibility index (Phi) is 6.16. The second-order valence-electron chi connectivity index (χ2n) is 7.15. The molecule has 0 spiro atoms. The Morgan fingerprint density at radius 1 is 1.30 bits per heavy atom. The number of piperidine rings is 1. The van der Waals surface area contributed by atoms with Crippen molar-refractivity contribution >= 4 is 0 Å². The first kappa shape index (κ1) is 19.4. The number of hydrogen-bond donors (Lipinski definition) is 1. The minimum absolute atomic E-state index is 0.0221. The maximum Gasteiger partial charge on any atom is 0.254 e. The van der Waals surface area contributed by atoms with E-state index < -0.39 is 0 Å². The Bertz CT molecular complexity index is 847. The molecule has 0 aliphatic carbocycles. The van der Waals surface area contributed by atoms with Gasteiger partial charge in [0, 0.05) is 30.3 Å². The highest BCUT2D eigenvalue weighted by molar-refractivity contribution is 5.43. The van der Waals surface area contributed by atoms with E-state index in [2.05, 4.69) is 27.0 Å². The zero-order valence-electron chi connectivity index (χ0n) is 16.7. The zero-order chi connectivity index (χ0) is 19.4. The van der Waals surface area contributed by atoms with E-state index in [4.69, 9.17) is 9.47 Å². The van der Waals surface area contributed by atoms with Gasteiger partial charge in [0.1, 0.15) is 5.82 Å².